The summed E-state index contributed by atoms with van der Waals surface area (Å²) in [5, 5.41) is 11.4. The predicted octanol–water partition coefficient (Wildman–Crippen LogP) is 6.41. The minimum atomic E-state index is -0.747. The largest absolute Gasteiger partial charge is 0.507 e. The highest BCUT2D eigenvalue weighted by Gasteiger charge is 2.46. The van der Waals surface area contributed by atoms with E-state index in [9.17, 15) is 14.7 Å². The van der Waals surface area contributed by atoms with Crippen LogP contribution in [0.4, 0.5) is 0 Å². The number of rotatable bonds is 4. The number of aliphatic hydroxyl groups excluding tert-OH is 1. The van der Waals surface area contributed by atoms with Crippen molar-refractivity contribution < 1.29 is 24.2 Å². The molecule has 5 rings (SSSR count). The van der Waals surface area contributed by atoms with Crippen molar-refractivity contribution in [1.29, 1.82) is 0 Å². The summed E-state index contributed by atoms with van der Waals surface area (Å²) >= 11 is 3.48. The third kappa shape index (κ3) is 4.64. The van der Waals surface area contributed by atoms with Gasteiger partial charge in [0, 0.05) is 16.6 Å². The Bertz CT molecular complexity index is 1440. The normalized spacial score (nSPS) is 18.5. The molecule has 0 radical (unpaired) electrons. The Kier molecular flexibility index (Phi) is 6.36. The van der Waals surface area contributed by atoms with E-state index in [0.717, 1.165) is 26.7 Å². The maximum Gasteiger partial charge on any atom is 0.295 e. The maximum absolute atomic E-state index is 13.4. The van der Waals surface area contributed by atoms with E-state index in [4.69, 9.17) is 9.47 Å². The summed E-state index contributed by atoms with van der Waals surface area (Å²) in [6.45, 7) is 8.61. The van der Waals surface area contributed by atoms with Crippen LogP contribution in [0, 0.1) is 6.92 Å². The summed E-state index contributed by atoms with van der Waals surface area (Å²) in [5.41, 5.74) is 4.10. The molecule has 190 valence electrons. The van der Waals surface area contributed by atoms with Crippen LogP contribution in [0.25, 0.3) is 5.76 Å². The van der Waals surface area contributed by atoms with Gasteiger partial charge in [-0.1, -0.05) is 73.1 Å². The molecule has 2 heterocycles. The van der Waals surface area contributed by atoms with E-state index in [1.54, 1.807) is 18.2 Å². The zero-order chi connectivity index (χ0) is 26.5. The van der Waals surface area contributed by atoms with Crippen molar-refractivity contribution in [3.05, 3.63) is 98.5 Å². The highest BCUT2D eigenvalue weighted by molar-refractivity contribution is 9.10. The molecule has 1 fully saturated rings. The third-order valence-corrected chi connectivity index (χ3v) is 7.74. The third-order valence-electron chi connectivity index (χ3n) is 6.85. The molecule has 1 amide bonds. The Morgan fingerprint density at radius 1 is 1.00 bits per heavy atom. The number of likely N-dealkylation sites (tertiary alicyclic amines) is 1. The van der Waals surface area contributed by atoms with Crippen molar-refractivity contribution in [2.45, 2.75) is 45.7 Å². The molecule has 0 bridgehead atoms. The zero-order valence-electron chi connectivity index (χ0n) is 21.2. The van der Waals surface area contributed by atoms with Crippen molar-refractivity contribution >= 4 is 33.4 Å². The minimum absolute atomic E-state index is 0.0538. The topological polar surface area (TPSA) is 76.1 Å². The lowest BCUT2D eigenvalue weighted by molar-refractivity contribution is -0.140. The summed E-state index contributed by atoms with van der Waals surface area (Å²) in [6, 6.07) is 18.0. The summed E-state index contributed by atoms with van der Waals surface area (Å²) in [6.07, 6.45) is 0. The van der Waals surface area contributed by atoms with Crippen molar-refractivity contribution in [3.8, 4) is 11.5 Å². The monoisotopic (exact) mass is 561 g/mol. The molecule has 3 aromatic rings. The Labute approximate surface area is 224 Å². The first-order valence-corrected chi connectivity index (χ1v) is 12.9. The summed E-state index contributed by atoms with van der Waals surface area (Å²) < 4.78 is 11.8. The van der Waals surface area contributed by atoms with Crippen LogP contribution in [0.1, 0.15) is 54.6 Å². The molecule has 1 atom stereocenters. The van der Waals surface area contributed by atoms with E-state index < -0.39 is 17.7 Å². The number of Topliss-reactive ketones (excluding diaryl/α,β-unsaturated/α-hetero) is 1. The molecule has 2 aliphatic heterocycles. The van der Waals surface area contributed by atoms with Crippen molar-refractivity contribution in [2.24, 2.45) is 0 Å². The Balaban J connectivity index is 1.62. The molecule has 7 heteroatoms. The number of hydrogen-bond donors (Lipinski definition) is 1. The van der Waals surface area contributed by atoms with E-state index in [2.05, 4.69) is 36.7 Å². The molecule has 1 unspecified atom stereocenters. The molecule has 37 heavy (non-hydrogen) atoms. The molecular weight excluding hydrogens is 534 g/mol. The van der Waals surface area contributed by atoms with E-state index in [1.165, 1.54) is 4.90 Å². The van der Waals surface area contributed by atoms with Gasteiger partial charge in [0.05, 0.1) is 11.6 Å². The Morgan fingerprint density at radius 2 is 1.70 bits per heavy atom. The highest BCUT2D eigenvalue weighted by atomic mass is 79.9. The van der Waals surface area contributed by atoms with E-state index >= 15 is 0 Å². The van der Waals surface area contributed by atoms with Gasteiger partial charge >= 0.3 is 0 Å². The zero-order valence-corrected chi connectivity index (χ0v) is 22.8. The number of nitrogens with zero attached hydrogens (tertiary/aromatic N) is 1. The fourth-order valence-electron chi connectivity index (χ4n) is 4.74. The second-order valence-electron chi connectivity index (χ2n) is 10.5. The molecule has 2 aliphatic rings. The Morgan fingerprint density at radius 3 is 2.38 bits per heavy atom. The van der Waals surface area contributed by atoms with Gasteiger partial charge in [-0.2, -0.15) is 0 Å². The average Bonchev–Trinajstić information content (AvgIpc) is 3.43. The smallest absolute Gasteiger partial charge is 0.295 e. The fourth-order valence-corrected chi connectivity index (χ4v) is 4.99. The number of carbonyl (C=O) groups is 2. The first-order valence-electron chi connectivity index (χ1n) is 12.1. The van der Waals surface area contributed by atoms with Gasteiger partial charge in [0.15, 0.2) is 11.5 Å². The van der Waals surface area contributed by atoms with Gasteiger partial charge in [-0.15, -0.1) is 0 Å². The molecule has 1 saturated heterocycles. The van der Waals surface area contributed by atoms with Gasteiger partial charge in [-0.25, -0.2) is 0 Å². The molecule has 0 saturated carbocycles. The van der Waals surface area contributed by atoms with Crippen LogP contribution >= 0.6 is 15.9 Å². The van der Waals surface area contributed by atoms with Gasteiger partial charge in [-0.05, 0) is 58.9 Å². The molecule has 0 aromatic heterocycles. The number of fused-ring (bicyclic) bond motifs is 1. The second kappa shape index (κ2) is 9.38. The lowest BCUT2D eigenvalue weighted by Crippen LogP contribution is -2.29. The maximum atomic E-state index is 13.4. The van der Waals surface area contributed by atoms with Crippen molar-refractivity contribution in [2.75, 3.05) is 6.79 Å². The first-order chi connectivity index (χ1) is 17.5. The van der Waals surface area contributed by atoms with E-state index in [1.807, 2.05) is 49.4 Å². The van der Waals surface area contributed by atoms with Gasteiger partial charge in [-0.3, -0.25) is 9.59 Å². The number of ketones is 1. The minimum Gasteiger partial charge on any atom is -0.507 e. The van der Waals surface area contributed by atoms with Gasteiger partial charge in [0.1, 0.15) is 5.76 Å². The molecule has 0 spiro atoms. The fraction of sp³-hybridized carbons (Fsp3) is 0.267. The number of aryl methyl sites for hydroxylation is 1. The number of halogens is 1. The predicted molar refractivity (Wildman–Crippen MR) is 144 cm³/mol. The standard InChI is InChI=1S/C30H28BrNO5/c1-17-13-20(8-11-22(17)31)27(33)25-26(19-6-9-21(10-7-19)30(2,3)4)32(29(35)28(25)34)15-18-5-12-23-24(14-18)37-16-36-23/h5-14,26,33H,15-16H2,1-4H3/b27-25+. The summed E-state index contributed by atoms with van der Waals surface area (Å²) in [4.78, 5) is 28.3. The molecular formula is C30H28BrNO5. The number of ether oxygens (including phenoxy) is 2. The number of amides is 1. The molecule has 1 N–H and O–H groups in total. The highest BCUT2D eigenvalue weighted by Crippen LogP contribution is 2.42. The lowest BCUT2D eigenvalue weighted by atomic mass is 9.85. The molecule has 6 nitrogen and oxygen atoms in total. The Hall–Kier alpha value is -3.58. The lowest BCUT2D eigenvalue weighted by Gasteiger charge is -2.26. The molecule has 3 aromatic carbocycles. The van der Waals surface area contributed by atoms with Crippen molar-refractivity contribution in [1.82, 2.24) is 4.90 Å². The van der Waals surface area contributed by atoms with Crippen LogP contribution in [-0.4, -0.2) is 28.5 Å². The van der Waals surface area contributed by atoms with Gasteiger partial charge in [0.2, 0.25) is 6.79 Å². The average molecular weight is 562 g/mol. The summed E-state index contributed by atoms with van der Waals surface area (Å²) in [7, 11) is 0. The van der Waals surface area contributed by atoms with Gasteiger partial charge in [0.25, 0.3) is 11.7 Å². The first kappa shape index (κ1) is 25.1. The summed E-state index contributed by atoms with van der Waals surface area (Å²) in [5.74, 6) is -0.301. The number of hydrogen-bond acceptors (Lipinski definition) is 5. The second-order valence-corrected chi connectivity index (χ2v) is 11.3. The van der Waals surface area contributed by atoms with Crippen molar-refractivity contribution in [3.63, 3.8) is 0 Å². The van der Waals surface area contributed by atoms with Crippen LogP contribution < -0.4 is 9.47 Å². The van der Waals surface area contributed by atoms with Crippen LogP contribution in [-0.2, 0) is 21.5 Å². The number of benzene rings is 3. The van der Waals surface area contributed by atoms with Crippen LogP contribution in [0.3, 0.4) is 0 Å². The van der Waals surface area contributed by atoms with Gasteiger partial charge < -0.3 is 19.5 Å². The number of aliphatic hydroxyl groups is 1. The van der Waals surface area contributed by atoms with E-state index in [-0.39, 0.29) is 30.1 Å². The van der Waals surface area contributed by atoms with Crippen LogP contribution in [0.2, 0.25) is 0 Å². The van der Waals surface area contributed by atoms with Crippen LogP contribution in [0.5, 0.6) is 11.5 Å². The SMILES string of the molecule is Cc1cc(/C(O)=C2\C(=O)C(=O)N(Cc3ccc4c(c3)OCO4)C2c2ccc(C(C)(C)C)cc2)ccc1Br. The molecule has 0 aliphatic carbocycles. The van der Waals surface area contributed by atoms with E-state index in [0.29, 0.717) is 17.1 Å². The quantitative estimate of drug-likeness (QED) is 0.226. The number of carbonyl (C=O) groups excluding carboxylic acids is 2. The van der Waals surface area contributed by atoms with Crippen LogP contribution in [0.15, 0.2) is 70.7 Å².